The summed E-state index contributed by atoms with van der Waals surface area (Å²) in [5, 5.41) is 6.68. The highest BCUT2D eigenvalue weighted by Gasteiger charge is 2.31. The Morgan fingerprint density at radius 3 is 2.61 bits per heavy atom. The molecule has 2 fully saturated rings. The van der Waals surface area contributed by atoms with Gasteiger partial charge in [0.25, 0.3) is 11.7 Å². The molecule has 0 spiro atoms. The lowest BCUT2D eigenvalue weighted by Crippen LogP contribution is -2.40. The lowest BCUT2D eigenvalue weighted by molar-refractivity contribution is 0.0912. The van der Waals surface area contributed by atoms with Gasteiger partial charge in [-0.05, 0) is 38.5 Å². The predicted molar refractivity (Wildman–Crippen MR) is 64.0 cm³/mol. The monoisotopic (exact) mass is 250 g/mol. The molecule has 2 aliphatic carbocycles. The summed E-state index contributed by atoms with van der Waals surface area (Å²) in [5.41, 5.74) is 5.83. The van der Waals surface area contributed by atoms with Gasteiger partial charge in [0.05, 0.1) is 0 Å². The molecule has 3 N–H and O–H groups in total. The fourth-order valence-electron chi connectivity index (χ4n) is 2.34. The molecule has 0 bridgehead atoms. The molecule has 0 atom stereocenters. The number of carbonyl (C=O) groups is 1. The molecule has 0 saturated heterocycles. The first kappa shape index (κ1) is 11.6. The van der Waals surface area contributed by atoms with Gasteiger partial charge in [0.15, 0.2) is 0 Å². The lowest BCUT2D eigenvalue weighted by Gasteiger charge is -2.26. The van der Waals surface area contributed by atoms with Crippen molar-refractivity contribution in [3.05, 3.63) is 11.7 Å². The number of hydrogen-bond acceptors (Lipinski definition) is 5. The highest BCUT2D eigenvalue weighted by Crippen LogP contribution is 2.38. The fraction of sp³-hybridized carbons (Fsp3) is 0.750. The maximum absolute atomic E-state index is 11.9. The number of rotatable bonds is 3. The molecule has 1 heterocycles. The van der Waals surface area contributed by atoms with Crippen LogP contribution < -0.4 is 11.1 Å². The van der Waals surface area contributed by atoms with Gasteiger partial charge in [-0.25, -0.2) is 0 Å². The summed E-state index contributed by atoms with van der Waals surface area (Å²) in [6, 6.07) is 0.477. The Kier molecular flexibility index (Phi) is 3.03. The van der Waals surface area contributed by atoms with Gasteiger partial charge in [-0.15, -0.1) is 0 Å². The summed E-state index contributed by atoms with van der Waals surface area (Å²) in [6.45, 7) is 0. The molecule has 0 radical (unpaired) electrons. The van der Waals surface area contributed by atoms with Crippen LogP contribution in [0.1, 0.15) is 61.0 Å². The second-order valence-electron chi connectivity index (χ2n) is 5.32. The lowest BCUT2D eigenvalue weighted by atomic mass is 9.92. The molecule has 2 aliphatic rings. The molecular weight excluding hydrogens is 232 g/mol. The first-order valence-electron chi connectivity index (χ1n) is 6.62. The van der Waals surface area contributed by atoms with E-state index in [1.807, 2.05) is 0 Å². The standard InChI is InChI=1S/C12H18N4O2/c13-8-3-5-9(6-4-8)14-11(17)10-15-12(18-16-10)7-1-2-7/h7-9H,1-6,13H2,(H,14,17). The molecule has 1 aromatic heterocycles. The summed E-state index contributed by atoms with van der Waals surface area (Å²) in [4.78, 5) is 16.1. The van der Waals surface area contributed by atoms with Crippen molar-refractivity contribution in [3.63, 3.8) is 0 Å². The smallest absolute Gasteiger partial charge is 0.292 e. The zero-order valence-electron chi connectivity index (χ0n) is 10.3. The fourth-order valence-corrected chi connectivity index (χ4v) is 2.34. The van der Waals surface area contributed by atoms with Gasteiger partial charge < -0.3 is 15.6 Å². The third-order valence-electron chi connectivity index (χ3n) is 3.68. The number of nitrogens with one attached hydrogen (secondary N) is 1. The Morgan fingerprint density at radius 2 is 1.94 bits per heavy atom. The van der Waals surface area contributed by atoms with E-state index in [1.165, 1.54) is 0 Å². The van der Waals surface area contributed by atoms with E-state index in [-0.39, 0.29) is 23.8 Å². The second-order valence-corrected chi connectivity index (χ2v) is 5.32. The SMILES string of the molecule is NC1CCC(NC(=O)c2noc(C3CC3)n2)CC1. The van der Waals surface area contributed by atoms with E-state index in [9.17, 15) is 4.79 Å². The van der Waals surface area contributed by atoms with E-state index in [0.717, 1.165) is 38.5 Å². The summed E-state index contributed by atoms with van der Waals surface area (Å²) in [6.07, 6.45) is 5.96. The van der Waals surface area contributed by atoms with Crippen molar-refractivity contribution in [1.29, 1.82) is 0 Å². The Hall–Kier alpha value is -1.43. The zero-order valence-corrected chi connectivity index (χ0v) is 10.3. The Labute approximate surface area is 105 Å². The molecule has 0 unspecified atom stereocenters. The number of aromatic nitrogens is 2. The van der Waals surface area contributed by atoms with Crippen LogP contribution in [-0.4, -0.2) is 28.1 Å². The Balaban J connectivity index is 1.56. The quantitative estimate of drug-likeness (QED) is 0.832. The van der Waals surface area contributed by atoms with Crippen molar-refractivity contribution in [2.45, 2.75) is 56.5 Å². The molecule has 1 aromatic rings. The van der Waals surface area contributed by atoms with Crippen LogP contribution in [0, 0.1) is 0 Å². The van der Waals surface area contributed by atoms with Crippen molar-refractivity contribution in [1.82, 2.24) is 15.5 Å². The normalized spacial score (nSPS) is 28.1. The third kappa shape index (κ3) is 2.53. The number of amides is 1. The van der Waals surface area contributed by atoms with Crippen LogP contribution in [0.25, 0.3) is 0 Å². The van der Waals surface area contributed by atoms with E-state index in [2.05, 4.69) is 15.5 Å². The average molecular weight is 250 g/mol. The molecule has 1 amide bonds. The van der Waals surface area contributed by atoms with Gasteiger partial charge in [0.2, 0.25) is 5.89 Å². The molecule has 0 aliphatic heterocycles. The average Bonchev–Trinajstić information content (AvgIpc) is 3.10. The van der Waals surface area contributed by atoms with Crippen molar-refractivity contribution in [2.75, 3.05) is 0 Å². The minimum atomic E-state index is -0.230. The molecule has 98 valence electrons. The van der Waals surface area contributed by atoms with Crippen LogP contribution in [0.4, 0.5) is 0 Å². The van der Waals surface area contributed by atoms with Crippen LogP contribution in [-0.2, 0) is 0 Å². The number of carbonyl (C=O) groups excluding carboxylic acids is 1. The maximum Gasteiger partial charge on any atom is 0.292 e. The number of nitrogens with zero attached hydrogens (tertiary/aromatic N) is 2. The highest BCUT2D eigenvalue weighted by atomic mass is 16.5. The molecule has 0 aromatic carbocycles. The number of nitrogens with two attached hydrogens (primary N) is 1. The van der Waals surface area contributed by atoms with Crippen LogP contribution >= 0.6 is 0 Å². The van der Waals surface area contributed by atoms with Crippen LogP contribution in [0.3, 0.4) is 0 Å². The van der Waals surface area contributed by atoms with E-state index in [0.29, 0.717) is 11.8 Å². The maximum atomic E-state index is 11.9. The van der Waals surface area contributed by atoms with Gasteiger partial charge in [0, 0.05) is 18.0 Å². The Bertz CT molecular complexity index is 433. The van der Waals surface area contributed by atoms with Crippen molar-refractivity contribution < 1.29 is 9.32 Å². The minimum absolute atomic E-state index is 0.159. The summed E-state index contributed by atoms with van der Waals surface area (Å²) >= 11 is 0. The van der Waals surface area contributed by atoms with Gasteiger partial charge in [-0.3, -0.25) is 4.79 Å². The summed E-state index contributed by atoms with van der Waals surface area (Å²) in [5.74, 6) is 0.912. The number of hydrogen-bond donors (Lipinski definition) is 2. The van der Waals surface area contributed by atoms with Crippen molar-refractivity contribution in [3.8, 4) is 0 Å². The zero-order chi connectivity index (χ0) is 12.5. The van der Waals surface area contributed by atoms with Crippen molar-refractivity contribution in [2.24, 2.45) is 5.73 Å². The topological polar surface area (TPSA) is 94.0 Å². The highest BCUT2D eigenvalue weighted by molar-refractivity contribution is 5.90. The molecular formula is C12H18N4O2. The van der Waals surface area contributed by atoms with Gasteiger partial charge in [-0.2, -0.15) is 4.98 Å². The predicted octanol–water partition coefficient (Wildman–Crippen LogP) is 0.947. The third-order valence-corrected chi connectivity index (χ3v) is 3.68. The van der Waals surface area contributed by atoms with Gasteiger partial charge in [0.1, 0.15) is 0 Å². The van der Waals surface area contributed by atoms with E-state index in [1.54, 1.807) is 0 Å². The first-order chi connectivity index (χ1) is 8.72. The molecule has 6 heteroatoms. The molecule has 18 heavy (non-hydrogen) atoms. The molecule has 2 saturated carbocycles. The van der Waals surface area contributed by atoms with Gasteiger partial charge >= 0.3 is 0 Å². The molecule has 3 rings (SSSR count). The van der Waals surface area contributed by atoms with E-state index in [4.69, 9.17) is 10.3 Å². The van der Waals surface area contributed by atoms with Crippen LogP contribution in [0.15, 0.2) is 4.52 Å². The van der Waals surface area contributed by atoms with Gasteiger partial charge in [-0.1, -0.05) is 5.16 Å². The van der Waals surface area contributed by atoms with Crippen LogP contribution in [0.2, 0.25) is 0 Å². The second kappa shape index (κ2) is 4.68. The largest absolute Gasteiger partial charge is 0.346 e. The Morgan fingerprint density at radius 1 is 1.22 bits per heavy atom. The van der Waals surface area contributed by atoms with Crippen LogP contribution in [0.5, 0.6) is 0 Å². The summed E-state index contributed by atoms with van der Waals surface area (Å²) < 4.78 is 5.07. The molecule has 6 nitrogen and oxygen atoms in total. The van der Waals surface area contributed by atoms with E-state index >= 15 is 0 Å². The van der Waals surface area contributed by atoms with Crippen molar-refractivity contribution >= 4 is 5.91 Å². The van der Waals surface area contributed by atoms with E-state index < -0.39 is 0 Å². The summed E-state index contributed by atoms with van der Waals surface area (Å²) in [7, 11) is 0. The minimum Gasteiger partial charge on any atom is -0.346 e. The first-order valence-corrected chi connectivity index (χ1v) is 6.62.